The van der Waals surface area contributed by atoms with E-state index in [4.69, 9.17) is 5.11 Å². The minimum atomic E-state index is -4.63. The van der Waals surface area contributed by atoms with Gasteiger partial charge >= 0.3 is 18.0 Å². The van der Waals surface area contributed by atoms with Crippen LogP contribution in [0.4, 0.5) is 18.9 Å². The maximum absolute atomic E-state index is 12.7. The number of amides is 2. The normalized spacial score (nSPS) is 12.6. The van der Waals surface area contributed by atoms with E-state index in [1.54, 1.807) is 6.92 Å². The van der Waals surface area contributed by atoms with Crippen LogP contribution in [-0.4, -0.2) is 30.1 Å². The number of rotatable bonds is 4. The zero-order valence-corrected chi connectivity index (χ0v) is 11.2. The third kappa shape index (κ3) is 5.07. The van der Waals surface area contributed by atoms with Gasteiger partial charge in [0.1, 0.15) is 0 Å². The Morgan fingerprint density at radius 2 is 1.86 bits per heavy atom. The van der Waals surface area contributed by atoms with Gasteiger partial charge < -0.3 is 15.7 Å². The number of para-hydroxylation sites is 1. The Kier molecular flexibility index (Phi) is 5.71. The molecule has 8 heteroatoms. The van der Waals surface area contributed by atoms with Crippen molar-refractivity contribution in [2.45, 2.75) is 13.1 Å². The zero-order valence-electron chi connectivity index (χ0n) is 11.2. The van der Waals surface area contributed by atoms with E-state index in [-0.39, 0.29) is 19.1 Å². The van der Waals surface area contributed by atoms with Crippen LogP contribution in [0.15, 0.2) is 24.3 Å². The molecule has 0 heterocycles. The van der Waals surface area contributed by atoms with E-state index in [0.29, 0.717) is 0 Å². The van der Waals surface area contributed by atoms with Crippen LogP contribution in [0.1, 0.15) is 12.5 Å². The molecule has 0 fully saturated rings. The van der Waals surface area contributed by atoms with Gasteiger partial charge in [0.25, 0.3) is 0 Å². The molecule has 0 aromatic heterocycles. The molecule has 1 aromatic carbocycles. The summed E-state index contributed by atoms with van der Waals surface area (Å²) in [6.07, 6.45) is -4.63. The number of hydrogen-bond acceptors (Lipinski definition) is 3. The molecule has 1 atom stereocenters. The van der Waals surface area contributed by atoms with E-state index in [0.717, 1.165) is 12.1 Å². The second-order valence-electron chi connectivity index (χ2n) is 4.50. The minimum Gasteiger partial charge on any atom is -0.396 e. The molecule has 0 saturated carbocycles. The van der Waals surface area contributed by atoms with E-state index in [2.05, 4.69) is 5.32 Å². The summed E-state index contributed by atoms with van der Waals surface area (Å²) >= 11 is 0. The molecule has 0 aliphatic rings. The maximum Gasteiger partial charge on any atom is 0.418 e. The predicted octanol–water partition coefficient (Wildman–Crippen LogP) is 1.39. The summed E-state index contributed by atoms with van der Waals surface area (Å²) in [5.41, 5.74) is -1.52. The molecule has 0 saturated heterocycles. The summed E-state index contributed by atoms with van der Waals surface area (Å²) < 4.78 is 38.2. The van der Waals surface area contributed by atoms with E-state index in [1.807, 2.05) is 5.32 Å². The van der Waals surface area contributed by atoms with Crippen LogP contribution in [0, 0.1) is 5.92 Å². The van der Waals surface area contributed by atoms with Crippen molar-refractivity contribution in [3.05, 3.63) is 29.8 Å². The highest BCUT2D eigenvalue weighted by Gasteiger charge is 2.34. The van der Waals surface area contributed by atoms with E-state index >= 15 is 0 Å². The van der Waals surface area contributed by atoms with Crippen molar-refractivity contribution in [1.82, 2.24) is 5.32 Å². The molecule has 0 spiro atoms. The van der Waals surface area contributed by atoms with E-state index in [9.17, 15) is 22.8 Å². The molecule has 5 nitrogen and oxygen atoms in total. The smallest absolute Gasteiger partial charge is 0.396 e. The van der Waals surface area contributed by atoms with Gasteiger partial charge in [0.05, 0.1) is 11.3 Å². The number of aliphatic hydroxyl groups excluding tert-OH is 1. The highest BCUT2D eigenvalue weighted by Crippen LogP contribution is 2.34. The molecule has 0 radical (unpaired) electrons. The second kappa shape index (κ2) is 7.07. The minimum absolute atomic E-state index is 0.0453. The van der Waals surface area contributed by atoms with Gasteiger partial charge in [0, 0.05) is 13.2 Å². The van der Waals surface area contributed by atoms with E-state index in [1.165, 1.54) is 12.1 Å². The maximum atomic E-state index is 12.7. The van der Waals surface area contributed by atoms with Crippen molar-refractivity contribution in [1.29, 1.82) is 0 Å². The Morgan fingerprint density at radius 1 is 1.24 bits per heavy atom. The quantitative estimate of drug-likeness (QED) is 0.736. The third-order valence-corrected chi connectivity index (χ3v) is 2.61. The molecule has 3 N–H and O–H groups in total. The van der Waals surface area contributed by atoms with Crippen LogP contribution >= 0.6 is 0 Å². The fourth-order valence-corrected chi connectivity index (χ4v) is 1.43. The van der Waals surface area contributed by atoms with Crippen molar-refractivity contribution < 1.29 is 27.9 Å². The fraction of sp³-hybridized carbons (Fsp3) is 0.385. The fourth-order valence-electron chi connectivity index (χ4n) is 1.43. The lowest BCUT2D eigenvalue weighted by molar-refractivity contribution is -0.138. The first-order valence-electron chi connectivity index (χ1n) is 6.12. The Hall–Kier alpha value is -2.09. The van der Waals surface area contributed by atoms with Gasteiger partial charge in [-0.2, -0.15) is 13.2 Å². The lowest BCUT2D eigenvalue weighted by atomic mass is 10.1. The van der Waals surface area contributed by atoms with Gasteiger partial charge in [-0.3, -0.25) is 9.59 Å². The van der Waals surface area contributed by atoms with E-state index < -0.39 is 29.2 Å². The molecule has 0 bridgehead atoms. The van der Waals surface area contributed by atoms with Crippen molar-refractivity contribution in [2.24, 2.45) is 5.92 Å². The Morgan fingerprint density at radius 3 is 2.43 bits per heavy atom. The van der Waals surface area contributed by atoms with Gasteiger partial charge in [-0.15, -0.1) is 0 Å². The number of nitrogens with one attached hydrogen (secondary N) is 2. The van der Waals surface area contributed by atoms with Crippen LogP contribution in [0.2, 0.25) is 0 Å². The van der Waals surface area contributed by atoms with Crippen molar-refractivity contribution in [3.63, 3.8) is 0 Å². The van der Waals surface area contributed by atoms with Gasteiger partial charge in [-0.05, 0) is 18.1 Å². The average Bonchev–Trinajstić information content (AvgIpc) is 2.43. The molecule has 2 amide bonds. The molecule has 1 unspecified atom stereocenters. The topological polar surface area (TPSA) is 78.4 Å². The first-order chi connectivity index (χ1) is 9.75. The molecule has 0 aliphatic carbocycles. The molecule has 21 heavy (non-hydrogen) atoms. The third-order valence-electron chi connectivity index (χ3n) is 2.61. The summed E-state index contributed by atoms with van der Waals surface area (Å²) in [6.45, 7) is 1.50. The van der Waals surface area contributed by atoms with Crippen LogP contribution in [0.5, 0.6) is 0 Å². The number of carbonyl (C=O) groups excluding carboxylic acids is 2. The molecule has 1 rings (SSSR count). The summed E-state index contributed by atoms with van der Waals surface area (Å²) in [5.74, 6) is -2.52. The summed E-state index contributed by atoms with van der Waals surface area (Å²) in [4.78, 5) is 23.0. The standard InChI is InChI=1S/C13H15F3N2O3/c1-8(7-19)6-17-11(20)12(21)18-10-5-3-2-4-9(10)13(14,15)16/h2-5,8,19H,6-7H2,1H3,(H,17,20)(H,18,21). The SMILES string of the molecule is CC(CO)CNC(=O)C(=O)Nc1ccccc1C(F)(F)F. The number of hydrogen-bond donors (Lipinski definition) is 3. The Labute approximate surface area is 119 Å². The van der Waals surface area contributed by atoms with Crippen LogP contribution < -0.4 is 10.6 Å². The molecule has 116 valence electrons. The molecular formula is C13H15F3N2O3. The predicted molar refractivity (Wildman–Crippen MR) is 69.3 cm³/mol. The first-order valence-corrected chi connectivity index (χ1v) is 6.12. The van der Waals surface area contributed by atoms with Crippen molar-refractivity contribution in [3.8, 4) is 0 Å². The summed E-state index contributed by atoms with van der Waals surface area (Å²) in [6, 6.07) is 4.36. The Bertz CT molecular complexity index is 518. The largest absolute Gasteiger partial charge is 0.418 e. The highest BCUT2D eigenvalue weighted by molar-refractivity contribution is 6.39. The molecule has 1 aromatic rings. The van der Waals surface area contributed by atoms with Gasteiger partial charge in [-0.1, -0.05) is 19.1 Å². The van der Waals surface area contributed by atoms with Gasteiger partial charge in [-0.25, -0.2) is 0 Å². The van der Waals surface area contributed by atoms with Gasteiger partial charge in [0.15, 0.2) is 0 Å². The number of carbonyl (C=O) groups is 2. The summed E-state index contributed by atoms with van der Waals surface area (Å²) in [7, 11) is 0. The Balaban J connectivity index is 2.73. The number of aliphatic hydroxyl groups is 1. The monoisotopic (exact) mass is 304 g/mol. The molecular weight excluding hydrogens is 289 g/mol. The lowest BCUT2D eigenvalue weighted by Gasteiger charge is -2.14. The zero-order chi connectivity index (χ0) is 16.0. The highest BCUT2D eigenvalue weighted by atomic mass is 19.4. The van der Waals surface area contributed by atoms with Crippen molar-refractivity contribution in [2.75, 3.05) is 18.5 Å². The lowest BCUT2D eigenvalue weighted by Crippen LogP contribution is -2.38. The first kappa shape index (κ1) is 17.0. The second-order valence-corrected chi connectivity index (χ2v) is 4.50. The van der Waals surface area contributed by atoms with Crippen LogP contribution in [0.25, 0.3) is 0 Å². The number of halogens is 3. The van der Waals surface area contributed by atoms with Gasteiger partial charge in [0.2, 0.25) is 0 Å². The number of alkyl halides is 3. The number of anilines is 1. The average molecular weight is 304 g/mol. The van der Waals surface area contributed by atoms with Crippen LogP contribution in [-0.2, 0) is 15.8 Å². The van der Waals surface area contributed by atoms with Crippen molar-refractivity contribution >= 4 is 17.5 Å². The summed E-state index contributed by atoms with van der Waals surface area (Å²) in [5, 5.41) is 12.9. The molecule has 0 aliphatic heterocycles. The van der Waals surface area contributed by atoms with Crippen LogP contribution in [0.3, 0.4) is 0 Å². The number of benzene rings is 1.